The van der Waals surface area contributed by atoms with Crippen molar-refractivity contribution in [3.63, 3.8) is 0 Å². The van der Waals surface area contributed by atoms with Crippen LogP contribution in [0.5, 0.6) is 0 Å². The van der Waals surface area contributed by atoms with Crippen LogP contribution >= 0.6 is 0 Å². The van der Waals surface area contributed by atoms with Crippen molar-refractivity contribution in [2.75, 3.05) is 0 Å². The molecule has 0 heterocycles. The highest BCUT2D eigenvalue weighted by atomic mass is 32.2. The molecule has 0 aromatic rings. The molecule has 1 aliphatic rings. The smallest absolute Gasteiger partial charge is 0.0215 e. The molecule has 0 spiro atoms. The van der Waals surface area contributed by atoms with Crippen LogP contribution in [0, 0.1) is 0 Å². The van der Waals surface area contributed by atoms with Gasteiger partial charge in [-0.1, -0.05) is 17.5 Å². The zero-order valence-electron chi connectivity index (χ0n) is 4.92. The first kappa shape index (κ1) is 8.07. The van der Waals surface area contributed by atoms with E-state index in [0.717, 1.165) is 19.3 Å². The molecular formula is C4H11NO2S. The molecule has 1 atom stereocenters. The molecule has 8 heavy (non-hydrogen) atoms. The minimum Gasteiger partial charge on any atom is -0.772 e. The molecule has 1 rings (SSSR count). The van der Waals surface area contributed by atoms with Gasteiger partial charge in [-0.25, -0.2) is 0 Å². The first-order valence-electron chi connectivity index (χ1n) is 2.39. The van der Waals surface area contributed by atoms with Crippen LogP contribution in [-0.4, -0.2) is 14.0 Å². The van der Waals surface area contributed by atoms with Crippen molar-refractivity contribution in [1.29, 1.82) is 0 Å². The van der Waals surface area contributed by atoms with E-state index in [4.69, 9.17) is 0 Å². The normalized spacial score (nSPS) is 23.1. The lowest BCUT2D eigenvalue weighted by Gasteiger charge is -2.26. The Bertz CT molecular complexity index is 92.0. The maximum Gasteiger partial charge on any atom is 0.0215 e. The van der Waals surface area contributed by atoms with E-state index in [-0.39, 0.29) is 11.4 Å². The number of quaternary nitrogens is 1. The van der Waals surface area contributed by atoms with Crippen LogP contribution in [0.15, 0.2) is 0 Å². The van der Waals surface area contributed by atoms with Crippen LogP contribution in [0.3, 0.4) is 0 Å². The lowest BCUT2D eigenvalue weighted by Crippen LogP contribution is -2.22. The molecular weight excluding hydrogens is 126 g/mol. The van der Waals surface area contributed by atoms with Gasteiger partial charge in [-0.3, -0.25) is 4.21 Å². The Morgan fingerprint density at radius 3 is 2.00 bits per heavy atom. The molecule has 3 nitrogen and oxygen atoms in total. The summed E-state index contributed by atoms with van der Waals surface area (Å²) in [6, 6.07) is 0. The molecule has 0 saturated heterocycles. The van der Waals surface area contributed by atoms with Crippen LogP contribution in [0.25, 0.3) is 0 Å². The quantitative estimate of drug-likeness (QED) is 0.542. The Balaban J connectivity index is 0.000000490. The summed E-state index contributed by atoms with van der Waals surface area (Å²) in [7, 11) is 0. The fraction of sp³-hybridized carbons (Fsp3) is 1.00. The maximum absolute atomic E-state index is 9.98. The van der Waals surface area contributed by atoms with Crippen LogP contribution in [0.4, 0.5) is 0 Å². The third-order valence-electron chi connectivity index (χ3n) is 1.32. The van der Waals surface area contributed by atoms with Gasteiger partial charge in [0, 0.05) is 5.25 Å². The molecule has 4 N–H and O–H groups in total. The van der Waals surface area contributed by atoms with Crippen LogP contribution in [0.2, 0.25) is 0 Å². The maximum atomic E-state index is 9.98. The second-order valence-electron chi connectivity index (χ2n) is 1.81. The third-order valence-corrected chi connectivity index (χ3v) is 2.34. The average Bonchev–Trinajstić information content (AvgIpc) is 1.23. The summed E-state index contributed by atoms with van der Waals surface area (Å²) in [5.41, 5.74) is 0. The lowest BCUT2D eigenvalue weighted by molar-refractivity contribution is 0.451. The summed E-state index contributed by atoms with van der Waals surface area (Å²) in [6.45, 7) is 0. The van der Waals surface area contributed by atoms with E-state index in [9.17, 15) is 8.76 Å². The highest BCUT2D eigenvalue weighted by Gasteiger charge is 2.16. The van der Waals surface area contributed by atoms with Crippen molar-refractivity contribution < 1.29 is 8.76 Å². The van der Waals surface area contributed by atoms with Gasteiger partial charge in [0.15, 0.2) is 0 Å². The average molecular weight is 137 g/mol. The largest absolute Gasteiger partial charge is 0.772 e. The summed E-state index contributed by atoms with van der Waals surface area (Å²) >= 11 is -1.77. The van der Waals surface area contributed by atoms with Gasteiger partial charge in [-0.2, -0.15) is 0 Å². The van der Waals surface area contributed by atoms with Gasteiger partial charge >= 0.3 is 0 Å². The SMILES string of the molecule is O=S([O-])C1CCC1.[NH4+]. The fourth-order valence-corrected chi connectivity index (χ4v) is 1.28. The molecule has 0 aromatic carbocycles. The Kier molecular flexibility index (Phi) is 3.19. The molecule has 0 aliphatic heterocycles. The fourth-order valence-electron chi connectivity index (χ4n) is 0.563. The Hall–Kier alpha value is 0.0700. The Morgan fingerprint density at radius 1 is 1.50 bits per heavy atom. The van der Waals surface area contributed by atoms with Gasteiger partial charge in [-0.05, 0) is 12.8 Å². The van der Waals surface area contributed by atoms with Crippen molar-refractivity contribution in [3.05, 3.63) is 0 Å². The lowest BCUT2D eigenvalue weighted by atomic mass is 10.0. The van der Waals surface area contributed by atoms with Gasteiger partial charge in [0.25, 0.3) is 0 Å². The van der Waals surface area contributed by atoms with E-state index >= 15 is 0 Å². The van der Waals surface area contributed by atoms with E-state index in [0.29, 0.717) is 0 Å². The topological polar surface area (TPSA) is 76.6 Å². The number of hydrogen-bond acceptors (Lipinski definition) is 2. The molecule has 4 heteroatoms. The summed E-state index contributed by atoms with van der Waals surface area (Å²) in [6.07, 6.45) is 2.87. The van der Waals surface area contributed by atoms with Gasteiger partial charge in [0.2, 0.25) is 0 Å². The molecule has 0 radical (unpaired) electrons. The number of rotatable bonds is 1. The molecule has 1 aliphatic carbocycles. The monoisotopic (exact) mass is 137 g/mol. The molecule has 50 valence electrons. The van der Waals surface area contributed by atoms with Crippen LogP contribution in [0.1, 0.15) is 19.3 Å². The predicted octanol–water partition coefficient (Wildman–Crippen LogP) is 0.794. The molecule has 0 bridgehead atoms. The van der Waals surface area contributed by atoms with Crippen LogP contribution in [-0.2, 0) is 11.1 Å². The standard InChI is InChI=1S/C4H8O2S.H3N/c5-7(6)4-2-1-3-4;/h4H,1-3H2,(H,5,6);1H3. The summed E-state index contributed by atoms with van der Waals surface area (Å²) in [5.74, 6) is 0. The molecule has 0 amide bonds. The van der Waals surface area contributed by atoms with E-state index in [2.05, 4.69) is 0 Å². The third kappa shape index (κ3) is 1.54. The molecule has 1 saturated carbocycles. The summed E-state index contributed by atoms with van der Waals surface area (Å²) in [4.78, 5) is 0. The molecule has 0 aromatic heterocycles. The molecule has 1 unspecified atom stereocenters. The van der Waals surface area contributed by atoms with Gasteiger partial charge in [0.05, 0.1) is 0 Å². The molecule has 1 fully saturated rings. The second kappa shape index (κ2) is 3.17. The number of hydrogen-bond donors (Lipinski definition) is 1. The minimum absolute atomic E-state index is 0. The van der Waals surface area contributed by atoms with Crippen molar-refractivity contribution >= 4 is 11.1 Å². The van der Waals surface area contributed by atoms with E-state index in [1.807, 2.05) is 0 Å². The Morgan fingerprint density at radius 2 is 2.00 bits per heavy atom. The van der Waals surface area contributed by atoms with Crippen molar-refractivity contribution in [1.82, 2.24) is 6.15 Å². The van der Waals surface area contributed by atoms with Crippen molar-refractivity contribution in [2.24, 2.45) is 0 Å². The van der Waals surface area contributed by atoms with E-state index in [1.165, 1.54) is 0 Å². The zero-order chi connectivity index (χ0) is 5.28. The highest BCUT2D eigenvalue weighted by molar-refractivity contribution is 7.79. The highest BCUT2D eigenvalue weighted by Crippen LogP contribution is 2.22. The van der Waals surface area contributed by atoms with Crippen molar-refractivity contribution in [2.45, 2.75) is 24.5 Å². The zero-order valence-corrected chi connectivity index (χ0v) is 5.74. The van der Waals surface area contributed by atoms with Crippen LogP contribution < -0.4 is 6.15 Å². The van der Waals surface area contributed by atoms with E-state index < -0.39 is 11.1 Å². The summed E-state index contributed by atoms with van der Waals surface area (Å²) in [5, 5.41) is -0.000000000000000222. The van der Waals surface area contributed by atoms with Gasteiger partial charge in [-0.15, -0.1) is 0 Å². The van der Waals surface area contributed by atoms with Crippen molar-refractivity contribution in [3.8, 4) is 0 Å². The first-order valence-corrected chi connectivity index (χ1v) is 3.52. The predicted molar refractivity (Wildman–Crippen MR) is 32.5 cm³/mol. The van der Waals surface area contributed by atoms with E-state index in [1.54, 1.807) is 0 Å². The first-order chi connectivity index (χ1) is 3.30. The Labute approximate surface area is 51.3 Å². The van der Waals surface area contributed by atoms with Gasteiger partial charge < -0.3 is 10.7 Å². The summed E-state index contributed by atoms with van der Waals surface area (Å²) < 4.78 is 20.0. The minimum atomic E-state index is -1.77. The second-order valence-corrected chi connectivity index (χ2v) is 3.00. The van der Waals surface area contributed by atoms with Gasteiger partial charge in [0.1, 0.15) is 0 Å².